The standard InChI is InChI=1S/C22H18N4O/c1-14-2-4-18-12-20(8-9-21(18)25-14)26-22(27)19-7-6-16-10-15(13-24-23)3-5-17(16)11-19/h2-13H,23H2,1H3,(H,26,27). The van der Waals surface area contributed by atoms with E-state index in [4.69, 9.17) is 5.84 Å². The summed E-state index contributed by atoms with van der Waals surface area (Å²) in [5, 5.41) is 9.49. The highest BCUT2D eigenvalue weighted by Gasteiger charge is 2.08. The van der Waals surface area contributed by atoms with Crippen LogP contribution in [0, 0.1) is 6.92 Å². The average Bonchev–Trinajstić information content (AvgIpc) is 2.68. The Morgan fingerprint density at radius 2 is 1.74 bits per heavy atom. The van der Waals surface area contributed by atoms with Gasteiger partial charge in [0.05, 0.1) is 11.7 Å². The highest BCUT2D eigenvalue weighted by molar-refractivity contribution is 6.07. The number of amides is 1. The molecule has 1 aromatic heterocycles. The summed E-state index contributed by atoms with van der Waals surface area (Å²) in [7, 11) is 0. The Morgan fingerprint density at radius 1 is 0.963 bits per heavy atom. The number of pyridine rings is 1. The summed E-state index contributed by atoms with van der Waals surface area (Å²) in [5.74, 6) is 5.05. The van der Waals surface area contributed by atoms with E-state index in [1.807, 2.05) is 73.7 Å². The summed E-state index contributed by atoms with van der Waals surface area (Å²) >= 11 is 0. The Labute approximate surface area is 156 Å². The van der Waals surface area contributed by atoms with E-state index in [0.717, 1.165) is 38.6 Å². The first-order valence-corrected chi connectivity index (χ1v) is 8.58. The van der Waals surface area contributed by atoms with Crippen LogP contribution in [0.4, 0.5) is 5.69 Å². The highest BCUT2D eigenvalue weighted by Crippen LogP contribution is 2.21. The van der Waals surface area contributed by atoms with Gasteiger partial charge in [0.25, 0.3) is 5.91 Å². The Hall–Kier alpha value is -3.73. The fraction of sp³-hybridized carbons (Fsp3) is 0.0455. The Bertz CT molecular complexity index is 1200. The number of benzene rings is 3. The highest BCUT2D eigenvalue weighted by atomic mass is 16.1. The Balaban J connectivity index is 1.60. The van der Waals surface area contributed by atoms with Gasteiger partial charge in [-0.05, 0) is 65.7 Å². The summed E-state index contributed by atoms with van der Waals surface area (Å²) in [6.45, 7) is 1.96. The maximum Gasteiger partial charge on any atom is 0.255 e. The van der Waals surface area contributed by atoms with Gasteiger partial charge >= 0.3 is 0 Å². The van der Waals surface area contributed by atoms with Crippen LogP contribution in [0.1, 0.15) is 21.6 Å². The van der Waals surface area contributed by atoms with E-state index >= 15 is 0 Å². The molecule has 0 bridgehead atoms. The molecule has 5 nitrogen and oxygen atoms in total. The number of carbonyl (C=O) groups is 1. The van der Waals surface area contributed by atoms with Crippen molar-refractivity contribution < 1.29 is 4.79 Å². The van der Waals surface area contributed by atoms with Crippen LogP contribution in [0.25, 0.3) is 21.7 Å². The molecule has 4 aromatic rings. The fourth-order valence-corrected chi connectivity index (χ4v) is 3.08. The van der Waals surface area contributed by atoms with Crippen LogP contribution in [-0.2, 0) is 0 Å². The maximum absolute atomic E-state index is 12.7. The number of anilines is 1. The molecule has 3 aromatic carbocycles. The molecule has 0 saturated heterocycles. The summed E-state index contributed by atoms with van der Waals surface area (Å²) in [4.78, 5) is 17.1. The molecule has 0 unspecified atom stereocenters. The number of fused-ring (bicyclic) bond motifs is 2. The number of aromatic nitrogens is 1. The van der Waals surface area contributed by atoms with Crippen LogP contribution in [0.2, 0.25) is 0 Å². The molecule has 5 heteroatoms. The van der Waals surface area contributed by atoms with E-state index in [9.17, 15) is 4.79 Å². The second kappa shape index (κ2) is 6.88. The maximum atomic E-state index is 12.7. The SMILES string of the molecule is Cc1ccc2cc(NC(=O)c3ccc4cc(C=NN)ccc4c3)ccc2n1. The van der Waals surface area contributed by atoms with Gasteiger partial charge < -0.3 is 11.2 Å². The predicted molar refractivity (Wildman–Crippen MR) is 110 cm³/mol. The molecule has 27 heavy (non-hydrogen) atoms. The fourth-order valence-electron chi connectivity index (χ4n) is 3.08. The molecule has 132 valence electrons. The van der Waals surface area contributed by atoms with Crippen LogP contribution < -0.4 is 11.2 Å². The van der Waals surface area contributed by atoms with Crippen LogP contribution in [0.3, 0.4) is 0 Å². The molecule has 0 aliphatic carbocycles. The normalized spacial score (nSPS) is 11.3. The van der Waals surface area contributed by atoms with Crippen molar-refractivity contribution in [2.45, 2.75) is 6.92 Å². The lowest BCUT2D eigenvalue weighted by molar-refractivity contribution is 0.102. The van der Waals surface area contributed by atoms with Gasteiger partial charge in [-0.3, -0.25) is 9.78 Å². The van der Waals surface area contributed by atoms with Crippen LogP contribution in [0.5, 0.6) is 0 Å². The Morgan fingerprint density at radius 3 is 2.59 bits per heavy atom. The number of nitrogens with two attached hydrogens (primary N) is 1. The largest absolute Gasteiger partial charge is 0.323 e. The topological polar surface area (TPSA) is 80.4 Å². The molecule has 0 spiro atoms. The van der Waals surface area contributed by atoms with E-state index in [1.54, 1.807) is 6.21 Å². The summed E-state index contributed by atoms with van der Waals surface area (Å²) in [5.41, 5.74) is 4.15. The number of hydrazone groups is 1. The molecule has 1 amide bonds. The zero-order valence-corrected chi connectivity index (χ0v) is 14.8. The monoisotopic (exact) mass is 354 g/mol. The molecular formula is C22H18N4O. The minimum atomic E-state index is -0.149. The first kappa shape index (κ1) is 16.7. The molecule has 0 aliphatic rings. The molecule has 4 rings (SSSR count). The number of carbonyl (C=O) groups excluding carboxylic acids is 1. The zero-order chi connectivity index (χ0) is 18.8. The molecule has 0 saturated carbocycles. The molecule has 0 aliphatic heterocycles. The smallest absolute Gasteiger partial charge is 0.255 e. The van der Waals surface area contributed by atoms with E-state index in [-0.39, 0.29) is 5.91 Å². The first-order valence-electron chi connectivity index (χ1n) is 8.58. The molecule has 0 atom stereocenters. The number of nitrogens with one attached hydrogen (secondary N) is 1. The van der Waals surface area contributed by atoms with E-state index in [0.29, 0.717) is 5.56 Å². The van der Waals surface area contributed by atoms with Gasteiger partial charge in [-0.2, -0.15) is 5.10 Å². The number of nitrogens with zero attached hydrogens (tertiary/aromatic N) is 2. The molecule has 0 fully saturated rings. The van der Waals surface area contributed by atoms with Gasteiger partial charge in [-0.1, -0.05) is 24.3 Å². The minimum absolute atomic E-state index is 0.149. The quantitative estimate of drug-likeness (QED) is 0.328. The second-order valence-electron chi connectivity index (χ2n) is 6.41. The second-order valence-corrected chi connectivity index (χ2v) is 6.41. The average molecular weight is 354 g/mol. The number of hydrogen-bond acceptors (Lipinski definition) is 4. The summed E-state index contributed by atoms with van der Waals surface area (Å²) in [6.07, 6.45) is 1.59. The van der Waals surface area contributed by atoms with Gasteiger partial charge in [0.2, 0.25) is 0 Å². The molecule has 0 radical (unpaired) electrons. The predicted octanol–water partition coefficient (Wildman–Crippen LogP) is 4.24. The third kappa shape index (κ3) is 3.48. The van der Waals surface area contributed by atoms with E-state index in [2.05, 4.69) is 15.4 Å². The zero-order valence-electron chi connectivity index (χ0n) is 14.8. The van der Waals surface area contributed by atoms with Crippen LogP contribution >= 0.6 is 0 Å². The molecular weight excluding hydrogens is 336 g/mol. The van der Waals surface area contributed by atoms with Crippen molar-refractivity contribution in [3.63, 3.8) is 0 Å². The number of aryl methyl sites for hydroxylation is 1. The Kier molecular flexibility index (Phi) is 4.26. The molecule has 1 heterocycles. The van der Waals surface area contributed by atoms with Crippen molar-refractivity contribution in [3.05, 3.63) is 83.6 Å². The van der Waals surface area contributed by atoms with Gasteiger partial charge in [0, 0.05) is 22.3 Å². The van der Waals surface area contributed by atoms with Crippen molar-refractivity contribution >= 4 is 39.5 Å². The lowest BCUT2D eigenvalue weighted by atomic mass is 10.0. The van der Waals surface area contributed by atoms with Gasteiger partial charge in [0.1, 0.15) is 0 Å². The van der Waals surface area contributed by atoms with Crippen molar-refractivity contribution in [1.29, 1.82) is 0 Å². The van der Waals surface area contributed by atoms with Crippen molar-refractivity contribution in [2.75, 3.05) is 5.32 Å². The number of hydrogen-bond donors (Lipinski definition) is 2. The third-order valence-electron chi connectivity index (χ3n) is 4.44. The van der Waals surface area contributed by atoms with Crippen LogP contribution in [0.15, 0.2) is 71.8 Å². The van der Waals surface area contributed by atoms with Crippen molar-refractivity contribution in [1.82, 2.24) is 4.98 Å². The van der Waals surface area contributed by atoms with Crippen molar-refractivity contribution in [3.8, 4) is 0 Å². The van der Waals surface area contributed by atoms with E-state index < -0.39 is 0 Å². The number of rotatable bonds is 3. The summed E-state index contributed by atoms with van der Waals surface area (Å²) < 4.78 is 0. The minimum Gasteiger partial charge on any atom is -0.323 e. The van der Waals surface area contributed by atoms with Crippen LogP contribution in [-0.4, -0.2) is 17.1 Å². The lowest BCUT2D eigenvalue weighted by Crippen LogP contribution is -2.11. The van der Waals surface area contributed by atoms with Crippen molar-refractivity contribution in [2.24, 2.45) is 10.9 Å². The van der Waals surface area contributed by atoms with Gasteiger partial charge in [-0.15, -0.1) is 0 Å². The lowest BCUT2D eigenvalue weighted by Gasteiger charge is -2.08. The third-order valence-corrected chi connectivity index (χ3v) is 4.44. The van der Waals surface area contributed by atoms with E-state index in [1.165, 1.54) is 0 Å². The van der Waals surface area contributed by atoms with Gasteiger partial charge in [0.15, 0.2) is 0 Å². The van der Waals surface area contributed by atoms with Gasteiger partial charge in [-0.25, -0.2) is 0 Å². The summed E-state index contributed by atoms with van der Waals surface area (Å²) in [6, 6.07) is 21.1. The first-order chi connectivity index (χ1) is 13.1. The molecule has 3 N–H and O–H groups in total.